The van der Waals surface area contributed by atoms with Crippen LogP contribution in [0.15, 0.2) is 24.3 Å². The van der Waals surface area contributed by atoms with E-state index in [9.17, 15) is 5.11 Å². The van der Waals surface area contributed by atoms with Crippen molar-refractivity contribution in [3.63, 3.8) is 0 Å². The monoisotopic (exact) mass is 255 g/mol. The molecule has 1 heterocycles. The second kappa shape index (κ2) is 6.36. The van der Waals surface area contributed by atoms with Crippen molar-refractivity contribution in [3.05, 3.63) is 34.9 Å². The molecule has 2 rings (SSSR count). The average Bonchev–Trinajstić information content (AvgIpc) is 2.38. The first-order chi connectivity index (χ1) is 8.27. The van der Waals surface area contributed by atoms with Gasteiger partial charge in [0.25, 0.3) is 0 Å². The molecule has 0 unspecified atom stereocenters. The van der Waals surface area contributed by atoms with Gasteiger partial charge in [0, 0.05) is 36.4 Å². The summed E-state index contributed by atoms with van der Waals surface area (Å²) >= 11 is 6.03. The van der Waals surface area contributed by atoms with Crippen molar-refractivity contribution >= 4 is 11.6 Å². The Hall–Kier alpha value is -0.610. The molecule has 0 amide bonds. The van der Waals surface area contributed by atoms with Crippen molar-refractivity contribution in [2.75, 3.05) is 19.8 Å². The molecule has 0 saturated carbocycles. The first-order valence-electron chi connectivity index (χ1n) is 6.01. The van der Waals surface area contributed by atoms with Crippen molar-refractivity contribution < 1.29 is 9.84 Å². The number of aliphatic hydroxyl groups excluding tert-OH is 1. The summed E-state index contributed by atoms with van der Waals surface area (Å²) in [6, 6.07) is 7.86. The highest BCUT2D eigenvalue weighted by Gasteiger charge is 2.16. The highest BCUT2D eigenvalue weighted by atomic mass is 35.5. The van der Waals surface area contributed by atoms with Gasteiger partial charge in [-0.2, -0.15) is 0 Å². The maximum Gasteiger partial charge on any atom is 0.0928 e. The molecule has 17 heavy (non-hydrogen) atoms. The molecule has 94 valence electrons. The van der Waals surface area contributed by atoms with Gasteiger partial charge in [-0.1, -0.05) is 29.8 Å². The fraction of sp³-hybridized carbons (Fsp3) is 0.538. The van der Waals surface area contributed by atoms with Crippen molar-refractivity contribution in [3.8, 4) is 0 Å². The second-order valence-corrected chi connectivity index (χ2v) is 4.74. The van der Waals surface area contributed by atoms with E-state index >= 15 is 0 Å². The minimum Gasteiger partial charge on any atom is -0.387 e. The van der Waals surface area contributed by atoms with Gasteiger partial charge in [-0.25, -0.2) is 0 Å². The van der Waals surface area contributed by atoms with Gasteiger partial charge in [-0.15, -0.1) is 0 Å². The quantitative estimate of drug-likeness (QED) is 0.866. The van der Waals surface area contributed by atoms with E-state index < -0.39 is 6.10 Å². The molecule has 1 aromatic rings. The fourth-order valence-electron chi connectivity index (χ4n) is 2.04. The largest absolute Gasteiger partial charge is 0.387 e. The van der Waals surface area contributed by atoms with Crippen LogP contribution in [0.3, 0.4) is 0 Å². The van der Waals surface area contributed by atoms with E-state index in [0.717, 1.165) is 31.6 Å². The summed E-state index contributed by atoms with van der Waals surface area (Å²) in [7, 11) is 0. The Morgan fingerprint density at radius 3 is 2.76 bits per heavy atom. The molecular weight excluding hydrogens is 238 g/mol. The summed E-state index contributed by atoms with van der Waals surface area (Å²) in [4.78, 5) is 0. The molecule has 0 aromatic heterocycles. The van der Waals surface area contributed by atoms with Crippen molar-refractivity contribution in [2.45, 2.75) is 25.0 Å². The van der Waals surface area contributed by atoms with E-state index in [2.05, 4.69) is 5.32 Å². The van der Waals surface area contributed by atoms with Gasteiger partial charge in [0.1, 0.15) is 0 Å². The lowest BCUT2D eigenvalue weighted by molar-refractivity contribution is 0.0724. The van der Waals surface area contributed by atoms with Crippen molar-refractivity contribution in [1.82, 2.24) is 5.32 Å². The van der Waals surface area contributed by atoms with Crippen LogP contribution in [0.5, 0.6) is 0 Å². The Labute approximate surface area is 107 Å². The molecule has 0 bridgehead atoms. The van der Waals surface area contributed by atoms with Crippen molar-refractivity contribution in [1.29, 1.82) is 0 Å². The molecule has 1 aliphatic heterocycles. The van der Waals surface area contributed by atoms with Crippen LogP contribution < -0.4 is 5.32 Å². The van der Waals surface area contributed by atoms with E-state index in [0.29, 0.717) is 17.6 Å². The zero-order valence-electron chi connectivity index (χ0n) is 9.73. The minimum atomic E-state index is -0.549. The lowest BCUT2D eigenvalue weighted by Crippen LogP contribution is -2.37. The summed E-state index contributed by atoms with van der Waals surface area (Å²) < 4.78 is 5.29. The normalized spacial score (nSPS) is 19.2. The molecule has 1 aromatic carbocycles. The highest BCUT2D eigenvalue weighted by Crippen LogP contribution is 2.22. The predicted octanol–water partition coefficient (Wildman–Crippen LogP) is 2.14. The highest BCUT2D eigenvalue weighted by molar-refractivity contribution is 6.31. The summed E-state index contributed by atoms with van der Waals surface area (Å²) in [5.74, 6) is 0. The molecule has 3 nitrogen and oxygen atoms in total. The van der Waals surface area contributed by atoms with Crippen LogP contribution in [0.4, 0.5) is 0 Å². The summed E-state index contributed by atoms with van der Waals surface area (Å²) in [6.07, 6.45) is 1.47. The third-order valence-corrected chi connectivity index (χ3v) is 3.43. The standard InChI is InChI=1S/C13H18ClNO2/c14-12-4-2-1-3-11(12)13(16)9-15-10-5-7-17-8-6-10/h1-4,10,13,15-16H,5-9H2/t13-/m0/s1. The summed E-state index contributed by atoms with van der Waals surface area (Å²) in [5.41, 5.74) is 0.786. The molecule has 2 N–H and O–H groups in total. The number of hydrogen-bond acceptors (Lipinski definition) is 3. The number of rotatable bonds is 4. The van der Waals surface area contributed by atoms with Gasteiger partial charge in [0.15, 0.2) is 0 Å². The van der Waals surface area contributed by atoms with E-state index in [-0.39, 0.29) is 0 Å². The lowest BCUT2D eigenvalue weighted by atomic mass is 10.1. The van der Waals surface area contributed by atoms with Gasteiger partial charge in [0.05, 0.1) is 6.10 Å². The Morgan fingerprint density at radius 2 is 2.06 bits per heavy atom. The number of halogens is 1. The van der Waals surface area contributed by atoms with Gasteiger partial charge >= 0.3 is 0 Å². The summed E-state index contributed by atoms with van der Waals surface area (Å²) in [5, 5.41) is 14.0. The molecule has 1 atom stereocenters. The molecule has 0 aliphatic carbocycles. The average molecular weight is 256 g/mol. The van der Waals surface area contributed by atoms with Crippen LogP contribution in [0.2, 0.25) is 5.02 Å². The van der Waals surface area contributed by atoms with E-state index in [1.807, 2.05) is 18.2 Å². The number of hydrogen-bond donors (Lipinski definition) is 2. The zero-order valence-corrected chi connectivity index (χ0v) is 10.5. The SMILES string of the molecule is O[C@@H](CNC1CCOCC1)c1ccccc1Cl. The second-order valence-electron chi connectivity index (χ2n) is 4.33. The lowest BCUT2D eigenvalue weighted by Gasteiger charge is -2.24. The molecule has 0 radical (unpaired) electrons. The Morgan fingerprint density at radius 1 is 1.35 bits per heavy atom. The maximum atomic E-state index is 10.1. The van der Waals surface area contributed by atoms with E-state index in [1.54, 1.807) is 6.07 Å². The molecule has 0 spiro atoms. The first kappa shape index (κ1) is 12.8. The first-order valence-corrected chi connectivity index (χ1v) is 6.39. The number of ether oxygens (including phenoxy) is 1. The Balaban J connectivity index is 1.84. The van der Waals surface area contributed by atoms with Crippen LogP contribution in [0.25, 0.3) is 0 Å². The number of nitrogens with one attached hydrogen (secondary N) is 1. The van der Waals surface area contributed by atoms with Gasteiger partial charge in [-0.05, 0) is 18.9 Å². The van der Waals surface area contributed by atoms with Crippen molar-refractivity contribution in [2.24, 2.45) is 0 Å². The maximum absolute atomic E-state index is 10.1. The minimum absolute atomic E-state index is 0.445. The van der Waals surface area contributed by atoms with Crippen LogP contribution >= 0.6 is 11.6 Å². The summed E-state index contributed by atoms with van der Waals surface area (Å²) in [6.45, 7) is 2.15. The van der Waals surface area contributed by atoms with Crippen LogP contribution in [-0.4, -0.2) is 30.9 Å². The van der Waals surface area contributed by atoms with Gasteiger partial charge < -0.3 is 15.2 Å². The fourth-order valence-corrected chi connectivity index (χ4v) is 2.30. The van der Waals surface area contributed by atoms with Gasteiger partial charge in [0.2, 0.25) is 0 Å². The zero-order chi connectivity index (χ0) is 12.1. The van der Waals surface area contributed by atoms with E-state index in [4.69, 9.17) is 16.3 Å². The molecule has 1 aliphatic rings. The van der Waals surface area contributed by atoms with E-state index in [1.165, 1.54) is 0 Å². The smallest absolute Gasteiger partial charge is 0.0928 e. The Kier molecular flexibility index (Phi) is 4.80. The third kappa shape index (κ3) is 3.68. The third-order valence-electron chi connectivity index (χ3n) is 3.09. The predicted molar refractivity (Wildman–Crippen MR) is 68.3 cm³/mol. The van der Waals surface area contributed by atoms with Gasteiger partial charge in [-0.3, -0.25) is 0 Å². The molecule has 4 heteroatoms. The van der Waals surface area contributed by atoms with Crippen LogP contribution in [-0.2, 0) is 4.74 Å². The Bertz CT molecular complexity index is 353. The molecular formula is C13H18ClNO2. The van der Waals surface area contributed by atoms with Crippen LogP contribution in [0.1, 0.15) is 24.5 Å². The number of benzene rings is 1. The number of aliphatic hydroxyl groups is 1. The molecule has 1 saturated heterocycles. The van der Waals surface area contributed by atoms with Crippen LogP contribution in [0, 0.1) is 0 Å². The molecule has 1 fully saturated rings. The topological polar surface area (TPSA) is 41.5 Å².